The summed E-state index contributed by atoms with van der Waals surface area (Å²) in [4.78, 5) is 1.97. The first-order chi connectivity index (χ1) is 8.58. The van der Waals surface area contributed by atoms with E-state index < -0.39 is 5.82 Å². The Labute approximate surface area is 111 Å². The molecule has 0 unspecified atom stereocenters. The molecule has 2 aromatic rings. The average Bonchev–Trinajstić information content (AvgIpc) is 2.35. The zero-order valence-electron chi connectivity index (χ0n) is 10.0. The van der Waals surface area contributed by atoms with Crippen LogP contribution in [0.4, 0.5) is 15.8 Å². The number of benzene rings is 2. The number of anilines is 2. The maximum atomic E-state index is 13.3. The van der Waals surface area contributed by atoms with Gasteiger partial charge in [0.05, 0.1) is 5.02 Å². The zero-order chi connectivity index (χ0) is 13.1. The zero-order valence-corrected chi connectivity index (χ0v) is 10.8. The Bertz CT molecular complexity index is 557. The third-order valence-corrected chi connectivity index (χ3v) is 3.17. The molecule has 0 aliphatic heterocycles. The molecule has 0 fully saturated rings. The highest BCUT2D eigenvalue weighted by molar-refractivity contribution is 6.31. The summed E-state index contributed by atoms with van der Waals surface area (Å²) in [6.07, 6.45) is 0. The van der Waals surface area contributed by atoms with Crippen LogP contribution in [0.15, 0.2) is 42.5 Å². The molecule has 2 aromatic carbocycles. The molecule has 0 radical (unpaired) electrons. The van der Waals surface area contributed by atoms with Crippen molar-refractivity contribution in [2.45, 2.75) is 6.54 Å². The molecule has 0 amide bonds. The van der Waals surface area contributed by atoms with E-state index in [0.717, 1.165) is 11.3 Å². The topological polar surface area (TPSA) is 29.3 Å². The van der Waals surface area contributed by atoms with E-state index in [-0.39, 0.29) is 5.02 Å². The van der Waals surface area contributed by atoms with Crippen LogP contribution in [0.25, 0.3) is 0 Å². The van der Waals surface area contributed by atoms with Crippen molar-refractivity contribution in [3.8, 4) is 0 Å². The SMILES string of the molecule is CN(Cc1cccc(F)c1Cl)c1cccc(N)c1. The number of halogens is 2. The third-order valence-electron chi connectivity index (χ3n) is 2.75. The summed E-state index contributed by atoms with van der Waals surface area (Å²) in [6, 6.07) is 12.3. The molecule has 0 aliphatic rings. The molecule has 0 spiro atoms. The fraction of sp³-hybridized carbons (Fsp3) is 0.143. The Morgan fingerprint density at radius 2 is 1.94 bits per heavy atom. The monoisotopic (exact) mass is 264 g/mol. The first-order valence-corrected chi connectivity index (χ1v) is 5.95. The molecule has 0 bridgehead atoms. The number of nitrogens with two attached hydrogens (primary N) is 1. The molecule has 0 saturated heterocycles. The Balaban J connectivity index is 2.21. The van der Waals surface area contributed by atoms with Crippen molar-refractivity contribution in [3.63, 3.8) is 0 Å². The molecule has 0 atom stereocenters. The van der Waals surface area contributed by atoms with Gasteiger partial charge in [0, 0.05) is 25.0 Å². The fourth-order valence-corrected chi connectivity index (χ4v) is 1.97. The van der Waals surface area contributed by atoms with Gasteiger partial charge in [-0.05, 0) is 29.8 Å². The van der Waals surface area contributed by atoms with Crippen molar-refractivity contribution in [3.05, 3.63) is 58.9 Å². The minimum absolute atomic E-state index is 0.174. The quantitative estimate of drug-likeness (QED) is 0.857. The molecule has 0 aliphatic carbocycles. The normalized spacial score (nSPS) is 10.4. The van der Waals surface area contributed by atoms with E-state index in [1.54, 1.807) is 6.07 Å². The van der Waals surface area contributed by atoms with Crippen LogP contribution in [0.3, 0.4) is 0 Å². The lowest BCUT2D eigenvalue weighted by Gasteiger charge is -2.20. The fourth-order valence-electron chi connectivity index (χ4n) is 1.78. The number of nitrogen functional groups attached to an aromatic ring is 1. The summed E-state index contributed by atoms with van der Waals surface area (Å²) in [5.41, 5.74) is 8.15. The van der Waals surface area contributed by atoms with Crippen molar-refractivity contribution in [2.75, 3.05) is 17.7 Å². The largest absolute Gasteiger partial charge is 0.399 e. The minimum Gasteiger partial charge on any atom is -0.399 e. The van der Waals surface area contributed by atoms with E-state index in [2.05, 4.69) is 0 Å². The van der Waals surface area contributed by atoms with Crippen LogP contribution in [-0.4, -0.2) is 7.05 Å². The first-order valence-electron chi connectivity index (χ1n) is 5.57. The lowest BCUT2D eigenvalue weighted by atomic mass is 10.2. The molecule has 94 valence electrons. The molecule has 2 rings (SSSR count). The van der Waals surface area contributed by atoms with E-state index in [4.69, 9.17) is 17.3 Å². The summed E-state index contributed by atoms with van der Waals surface area (Å²) in [7, 11) is 1.91. The molecule has 4 heteroatoms. The van der Waals surface area contributed by atoms with Gasteiger partial charge in [0.15, 0.2) is 0 Å². The predicted molar refractivity (Wildman–Crippen MR) is 74.4 cm³/mol. The van der Waals surface area contributed by atoms with Crippen LogP contribution in [0.2, 0.25) is 5.02 Å². The molecule has 18 heavy (non-hydrogen) atoms. The van der Waals surface area contributed by atoms with Gasteiger partial charge in [0.1, 0.15) is 5.82 Å². The maximum absolute atomic E-state index is 13.3. The Morgan fingerprint density at radius 3 is 2.67 bits per heavy atom. The average molecular weight is 265 g/mol. The minimum atomic E-state index is -0.393. The van der Waals surface area contributed by atoms with Crippen molar-refractivity contribution in [1.82, 2.24) is 0 Å². The van der Waals surface area contributed by atoms with Crippen LogP contribution in [0.1, 0.15) is 5.56 Å². The molecule has 2 nitrogen and oxygen atoms in total. The highest BCUT2D eigenvalue weighted by atomic mass is 35.5. The maximum Gasteiger partial charge on any atom is 0.142 e. The van der Waals surface area contributed by atoms with Gasteiger partial charge in [-0.3, -0.25) is 0 Å². The van der Waals surface area contributed by atoms with Gasteiger partial charge in [0.25, 0.3) is 0 Å². The van der Waals surface area contributed by atoms with Crippen LogP contribution >= 0.6 is 11.6 Å². The van der Waals surface area contributed by atoms with Gasteiger partial charge < -0.3 is 10.6 Å². The van der Waals surface area contributed by atoms with Crippen molar-refractivity contribution in [1.29, 1.82) is 0 Å². The van der Waals surface area contributed by atoms with Crippen molar-refractivity contribution >= 4 is 23.0 Å². The van der Waals surface area contributed by atoms with Gasteiger partial charge in [-0.1, -0.05) is 29.8 Å². The van der Waals surface area contributed by atoms with E-state index in [1.807, 2.05) is 42.3 Å². The van der Waals surface area contributed by atoms with Crippen molar-refractivity contribution < 1.29 is 4.39 Å². The summed E-state index contributed by atoms with van der Waals surface area (Å²) < 4.78 is 13.3. The number of hydrogen-bond acceptors (Lipinski definition) is 2. The standard InChI is InChI=1S/C14H14ClFN2/c1-18(12-6-3-5-11(17)8-12)9-10-4-2-7-13(16)14(10)15/h2-8H,9,17H2,1H3. The Hall–Kier alpha value is -1.74. The molecule has 0 aromatic heterocycles. The van der Waals surface area contributed by atoms with Crippen LogP contribution in [0, 0.1) is 5.82 Å². The highest BCUT2D eigenvalue weighted by Gasteiger charge is 2.08. The highest BCUT2D eigenvalue weighted by Crippen LogP contribution is 2.23. The lowest BCUT2D eigenvalue weighted by Crippen LogP contribution is -2.16. The molecule has 2 N–H and O–H groups in total. The molecular formula is C14H14ClFN2. The van der Waals surface area contributed by atoms with Crippen LogP contribution in [0.5, 0.6) is 0 Å². The van der Waals surface area contributed by atoms with E-state index >= 15 is 0 Å². The van der Waals surface area contributed by atoms with E-state index in [9.17, 15) is 4.39 Å². The second-order valence-electron chi connectivity index (χ2n) is 4.16. The van der Waals surface area contributed by atoms with E-state index in [1.165, 1.54) is 6.07 Å². The molecule has 0 saturated carbocycles. The number of nitrogens with zero attached hydrogens (tertiary/aromatic N) is 1. The van der Waals surface area contributed by atoms with Gasteiger partial charge in [-0.2, -0.15) is 0 Å². The Morgan fingerprint density at radius 1 is 1.22 bits per heavy atom. The lowest BCUT2D eigenvalue weighted by molar-refractivity contribution is 0.625. The molecule has 0 heterocycles. The summed E-state index contributed by atoms with van der Waals surface area (Å²) in [5, 5.41) is 0.174. The second kappa shape index (κ2) is 5.27. The summed E-state index contributed by atoms with van der Waals surface area (Å²) in [5.74, 6) is -0.393. The van der Waals surface area contributed by atoms with Crippen LogP contribution in [-0.2, 0) is 6.54 Å². The predicted octanol–water partition coefficient (Wildman–Crippen LogP) is 3.70. The van der Waals surface area contributed by atoms with Gasteiger partial charge in [0.2, 0.25) is 0 Å². The van der Waals surface area contributed by atoms with Crippen LogP contribution < -0.4 is 10.6 Å². The third kappa shape index (κ3) is 2.74. The van der Waals surface area contributed by atoms with Gasteiger partial charge in [-0.25, -0.2) is 4.39 Å². The number of hydrogen-bond donors (Lipinski definition) is 1. The van der Waals surface area contributed by atoms with E-state index in [0.29, 0.717) is 12.2 Å². The number of rotatable bonds is 3. The first kappa shape index (κ1) is 12.7. The molecular weight excluding hydrogens is 251 g/mol. The van der Waals surface area contributed by atoms with Crippen molar-refractivity contribution in [2.24, 2.45) is 0 Å². The van der Waals surface area contributed by atoms with Gasteiger partial charge in [-0.15, -0.1) is 0 Å². The summed E-state index contributed by atoms with van der Waals surface area (Å²) >= 11 is 5.93. The van der Waals surface area contributed by atoms with Gasteiger partial charge >= 0.3 is 0 Å². The Kier molecular flexibility index (Phi) is 3.72. The second-order valence-corrected chi connectivity index (χ2v) is 4.54. The summed E-state index contributed by atoms with van der Waals surface area (Å²) in [6.45, 7) is 0.528. The smallest absolute Gasteiger partial charge is 0.142 e.